The molecule has 7 nitrogen and oxygen atoms in total. The Morgan fingerprint density at radius 2 is 1.78 bits per heavy atom. The summed E-state index contributed by atoms with van der Waals surface area (Å²) in [7, 11) is 0. The van der Waals surface area contributed by atoms with Crippen LogP contribution in [-0.2, 0) is 4.74 Å². The molecule has 1 aromatic rings. The minimum Gasteiger partial charge on any atom is -0.444 e. The van der Waals surface area contributed by atoms with Crippen molar-refractivity contribution in [2.24, 2.45) is 0 Å². The van der Waals surface area contributed by atoms with E-state index in [0.717, 1.165) is 44.2 Å². The predicted octanol–water partition coefficient (Wildman–Crippen LogP) is 5.54. The van der Waals surface area contributed by atoms with Gasteiger partial charge < -0.3 is 10.1 Å². The van der Waals surface area contributed by atoms with Gasteiger partial charge in [-0.2, -0.15) is 5.26 Å². The summed E-state index contributed by atoms with van der Waals surface area (Å²) >= 11 is 0. The predicted molar refractivity (Wildman–Crippen MR) is 124 cm³/mol. The van der Waals surface area contributed by atoms with E-state index in [0.29, 0.717) is 18.5 Å². The molecule has 1 saturated heterocycles. The van der Waals surface area contributed by atoms with Gasteiger partial charge in [-0.15, -0.1) is 0 Å². The van der Waals surface area contributed by atoms with Gasteiger partial charge in [0.15, 0.2) is 0 Å². The molecule has 1 atom stereocenters. The molecule has 3 amide bonds. The number of nitriles is 1. The highest BCUT2D eigenvalue weighted by atomic mass is 16.6. The summed E-state index contributed by atoms with van der Waals surface area (Å²) in [6.07, 6.45) is 8.13. The molecule has 1 aliphatic carbocycles. The Balaban J connectivity index is 1.83. The summed E-state index contributed by atoms with van der Waals surface area (Å²) < 4.78 is 5.58. The highest BCUT2D eigenvalue weighted by Crippen LogP contribution is 2.28. The van der Waals surface area contributed by atoms with Gasteiger partial charge in [0.25, 0.3) is 0 Å². The van der Waals surface area contributed by atoms with Gasteiger partial charge in [0.1, 0.15) is 11.8 Å². The van der Waals surface area contributed by atoms with Gasteiger partial charge in [-0.05, 0) is 71.1 Å². The zero-order valence-electron chi connectivity index (χ0n) is 19.6. The molecular weight excluding hydrogens is 404 g/mol. The first-order valence-electron chi connectivity index (χ1n) is 11.9. The maximum atomic E-state index is 13.6. The van der Waals surface area contributed by atoms with Gasteiger partial charge in [-0.3, -0.25) is 9.80 Å². The number of piperidine rings is 1. The van der Waals surface area contributed by atoms with E-state index in [2.05, 4.69) is 11.4 Å². The van der Waals surface area contributed by atoms with Crippen molar-refractivity contribution >= 4 is 17.8 Å². The van der Waals surface area contributed by atoms with E-state index in [1.807, 2.05) is 37.8 Å². The number of amides is 3. The Morgan fingerprint density at radius 1 is 1.09 bits per heavy atom. The van der Waals surface area contributed by atoms with Crippen LogP contribution in [0.4, 0.5) is 15.3 Å². The molecule has 0 radical (unpaired) electrons. The maximum Gasteiger partial charge on any atom is 0.411 e. The molecule has 0 bridgehead atoms. The van der Waals surface area contributed by atoms with E-state index in [4.69, 9.17) is 4.74 Å². The summed E-state index contributed by atoms with van der Waals surface area (Å²) in [5.41, 5.74) is 0.669. The number of carbonyl (C=O) groups is 2. The molecule has 3 rings (SSSR count). The molecule has 7 heteroatoms. The lowest BCUT2D eigenvalue weighted by Gasteiger charge is -2.39. The van der Waals surface area contributed by atoms with Crippen molar-refractivity contribution in [3.63, 3.8) is 0 Å². The summed E-state index contributed by atoms with van der Waals surface area (Å²) in [6, 6.07) is 9.26. The zero-order chi connectivity index (χ0) is 23.1. The largest absolute Gasteiger partial charge is 0.444 e. The fourth-order valence-corrected chi connectivity index (χ4v) is 4.57. The summed E-state index contributed by atoms with van der Waals surface area (Å²) in [5.74, 6) is 0. The SMILES string of the molecule is CC(C)(C)OC(=O)N1CCCCC1NC(=O)N(c1cccc(C#N)c1)C1CCCCCC1. The minimum atomic E-state index is -0.590. The minimum absolute atomic E-state index is 0.0741. The van der Waals surface area contributed by atoms with E-state index >= 15 is 0 Å². The van der Waals surface area contributed by atoms with Gasteiger partial charge in [-0.1, -0.05) is 31.7 Å². The molecular formula is C25H36N4O3. The van der Waals surface area contributed by atoms with Crippen LogP contribution in [0.1, 0.15) is 84.1 Å². The molecule has 1 N–H and O–H groups in total. The van der Waals surface area contributed by atoms with E-state index in [1.54, 1.807) is 17.0 Å². The fourth-order valence-electron chi connectivity index (χ4n) is 4.57. The normalized spacial score (nSPS) is 20.1. The average Bonchev–Trinajstić information content (AvgIpc) is 3.02. The third-order valence-corrected chi connectivity index (χ3v) is 6.08. The number of carbonyl (C=O) groups excluding carboxylic acids is 2. The highest BCUT2D eigenvalue weighted by Gasteiger charge is 2.34. The molecule has 0 spiro atoms. The van der Waals surface area contributed by atoms with Crippen LogP contribution in [0.3, 0.4) is 0 Å². The molecule has 1 aliphatic heterocycles. The number of likely N-dealkylation sites (tertiary alicyclic amines) is 1. The third kappa shape index (κ3) is 6.38. The van der Waals surface area contributed by atoms with Crippen LogP contribution in [0.5, 0.6) is 0 Å². The number of urea groups is 1. The van der Waals surface area contributed by atoms with Crippen molar-refractivity contribution < 1.29 is 14.3 Å². The lowest BCUT2D eigenvalue weighted by molar-refractivity contribution is 0.00724. The fraction of sp³-hybridized carbons (Fsp3) is 0.640. The van der Waals surface area contributed by atoms with Gasteiger partial charge in [0, 0.05) is 18.3 Å². The zero-order valence-corrected chi connectivity index (χ0v) is 19.6. The second kappa shape index (κ2) is 10.7. The number of hydrogen-bond acceptors (Lipinski definition) is 4. The standard InChI is InChI=1S/C25H36N4O3/c1-25(2,3)32-24(31)28-16-9-8-15-22(28)27-23(30)29(20-12-6-4-5-7-13-20)21-14-10-11-19(17-21)18-26/h10-11,14,17,20,22H,4-9,12-13,15-16H2,1-3H3,(H,27,30). The quantitative estimate of drug-likeness (QED) is 0.625. The average molecular weight is 441 g/mol. The van der Waals surface area contributed by atoms with Crippen LogP contribution in [0.15, 0.2) is 24.3 Å². The smallest absolute Gasteiger partial charge is 0.411 e. The van der Waals surface area contributed by atoms with E-state index < -0.39 is 17.9 Å². The number of nitrogens with one attached hydrogen (secondary N) is 1. The van der Waals surface area contributed by atoms with E-state index in [9.17, 15) is 14.9 Å². The van der Waals surface area contributed by atoms with Crippen LogP contribution in [0.2, 0.25) is 0 Å². The van der Waals surface area contributed by atoms with Gasteiger partial charge in [-0.25, -0.2) is 9.59 Å². The molecule has 0 aromatic heterocycles. The number of hydrogen-bond donors (Lipinski definition) is 1. The van der Waals surface area contributed by atoms with Crippen molar-refractivity contribution in [3.05, 3.63) is 29.8 Å². The summed E-state index contributed by atoms with van der Waals surface area (Å²) in [5, 5.41) is 12.5. The first-order valence-corrected chi connectivity index (χ1v) is 11.9. The lowest BCUT2D eigenvalue weighted by Crippen LogP contribution is -2.58. The molecule has 1 saturated carbocycles. The van der Waals surface area contributed by atoms with Crippen LogP contribution < -0.4 is 10.2 Å². The molecule has 1 heterocycles. The van der Waals surface area contributed by atoms with Crippen LogP contribution >= 0.6 is 0 Å². The molecule has 32 heavy (non-hydrogen) atoms. The lowest BCUT2D eigenvalue weighted by atomic mass is 10.1. The monoisotopic (exact) mass is 440 g/mol. The van der Waals surface area contributed by atoms with E-state index in [1.165, 1.54) is 12.8 Å². The Kier molecular flexibility index (Phi) is 8.00. The van der Waals surface area contributed by atoms with Crippen LogP contribution in [0.25, 0.3) is 0 Å². The first kappa shape index (κ1) is 23.9. The van der Waals surface area contributed by atoms with Crippen molar-refractivity contribution in [2.75, 3.05) is 11.4 Å². The van der Waals surface area contributed by atoms with Crippen LogP contribution in [0, 0.1) is 11.3 Å². The topological polar surface area (TPSA) is 85.7 Å². The second-order valence-electron chi connectivity index (χ2n) is 9.81. The van der Waals surface area contributed by atoms with Gasteiger partial charge >= 0.3 is 12.1 Å². The second-order valence-corrected chi connectivity index (χ2v) is 9.81. The van der Waals surface area contributed by atoms with E-state index in [-0.39, 0.29) is 12.1 Å². The third-order valence-electron chi connectivity index (χ3n) is 6.08. The Hall–Kier alpha value is -2.75. The Labute approximate surface area is 191 Å². The summed E-state index contributed by atoms with van der Waals surface area (Å²) in [6.45, 7) is 6.10. The Morgan fingerprint density at radius 3 is 2.44 bits per heavy atom. The van der Waals surface area contributed by atoms with Gasteiger partial charge in [0.05, 0.1) is 11.6 Å². The highest BCUT2D eigenvalue weighted by molar-refractivity contribution is 5.93. The molecule has 2 fully saturated rings. The Bertz CT molecular complexity index is 834. The molecule has 2 aliphatic rings. The first-order chi connectivity index (χ1) is 15.3. The van der Waals surface area contributed by atoms with Crippen molar-refractivity contribution in [3.8, 4) is 6.07 Å². The maximum absolute atomic E-state index is 13.6. The number of nitrogens with zero attached hydrogens (tertiary/aromatic N) is 3. The summed E-state index contributed by atoms with van der Waals surface area (Å²) in [4.78, 5) is 29.9. The van der Waals surface area contributed by atoms with Crippen LogP contribution in [-0.4, -0.2) is 41.4 Å². The molecule has 174 valence electrons. The molecule has 1 aromatic carbocycles. The number of ether oxygens (including phenoxy) is 1. The van der Waals surface area contributed by atoms with Crippen molar-refractivity contribution in [2.45, 2.75) is 96.4 Å². The van der Waals surface area contributed by atoms with Crippen molar-refractivity contribution in [1.29, 1.82) is 5.26 Å². The number of benzene rings is 1. The number of rotatable bonds is 3. The molecule has 1 unspecified atom stereocenters. The van der Waals surface area contributed by atoms with Crippen molar-refractivity contribution in [1.82, 2.24) is 10.2 Å². The van der Waals surface area contributed by atoms with Gasteiger partial charge in [0.2, 0.25) is 0 Å². The number of anilines is 1.